The minimum absolute atomic E-state index is 0.127. The Morgan fingerprint density at radius 3 is 2.76 bits per heavy atom. The molecule has 1 aromatic carbocycles. The van der Waals surface area contributed by atoms with Gasteiger partial charge in [-0.3, -0.25) is 4.79 Å². The molecule has 0 fully saturated rings. The van der Waals surface area contributed by atoms with Crippen molar-refractivity contribution in [3.63, 3.8) is 0 Å². The van der Waals surface area contributed by atoms with Crippen molar-refractivity contribution < 1.29 is 4.79 Å². The van der Waals surface area contributed by atoms with Crippen molar-refractivity contribution in [3.05, 3.63) is 57.3 Å². The summed E-state index contributed by atoms with van der Waals surface area (Å²) in [5, 5.41) is 2.14. The maximum atomic E-state index is 12.8. The van der Waals surface area contributed by atoms with Crippen LogP contribution in [0.1, 0.15) is 45.7 Å². The van der Waals surface area contributed by atoms with E-state index in [0.717, 1.165) is 30.5 Å². The molecule has 0 aliphatic carbocycles. The van der Waals surface area contributed by atoms with E-state index >= 15 is 0 Å². The van der Waals surface area contributed by atoms with E-state index in [-0.39, 0.29) is 11.9 Å². The van der Waals surface area contributed by atoms with Crippen LogP contribution in [0.4, 0.5) is 0 Å². The van der Waals surface area contributed by atoms with Crippen LogP contribution in [0.25, 0.3) is 0 Å². The van der Waals surface area contributed by atoms with E-state index in [2.05, 4.69) is 18.4 Å². The summed E-state index contributed by atoms with van der Waals surface area (Å²) in [6.07, 6.45) is 1.92. The van der Waals surface area contributed by atoms with E-state index < -0.39 is 0 Å². The van der Waals surface area contributed by atoms with Crippen LogP contribution < -0.4 is 5.73 Å². The lowest BCUT2D eigenvalue weighted by atomic mass is 9.96. The average Bonchev–Trinajstić information content (AvgIpc) is 3.02. The van der Waals surface area contributed by atoms with Crippen molar-refractivity contribution in [1.82, 2.24) is 4.90 Å². The van der Waals surface area contributed by atoms with Gasteiger partial charge in [0.2, 0.25) is 0 Å². The highest BCUT2D eigenvalue weighted by Crippen LogP contribution is 2.35. The van der Waals surface area contributed by atoms with Crippen LogP contribution >= 0.6 is 11.3 Å². The van der Waals surface area contributed by atoms with Gasteiger partial charge in [-0.05, 0) is 47.5 Å². The number of carbonyl (C=O) groups is 1. The van der Waals surface area contributed by atoms with Crippen LogP contribution in [0.3, 0.4) is 0 Å². The standard InChI is InChI=1S/C17H20N2OS/c1-2-15-14-8-10-21-16(14)7-9-19(15)17(20)13-5-3-12(11-18)4-6-13/h3-6,8,10,15H,2,7,9,11,18H2,1H3. The van der Waals surface area contributed by atoms with E-state index in [1.165, 1.54) is 10.4 Å². The van der Waals surface area contributed by atoms with Crippen molar-refractivity contribution in [2.24, 2.45) is 5.73 Å². The van der Waals surface area contributed by atoms with E-state index in [4.69, 9.17) is 5.73 Å². The summed E-state index contributed by atoms with van der Waals surface area (Å²) in [5.74, 6) is 0.127. The lowest BCUT2D eigenvalue weighted by Gasteiger charge is -2.35. The van der Waals surface area contributed by atoms with Gasteiger partial charge in [0.15, 0.2) is 0 Å². The first kappa shape index (κ1) is 14.3. The number of thiophene rings is 1. The SMILES string of the molecule is CCC1c2ccsc2CCN1C(=O)c1ccc(CN)cc1. The summed E-state index contributed by atoms with van der Waals surface area (Å²) >= 11 is 1.81. The van der Waals surface area contributed by atoms with Gasteiger partial charge >= 0.3 is 0 Å². The molecule has 2 heterocycles. The highest BCUT2D eigenvalue weighted by atomic mass is 32.1. The fourth-order valence-electron chi connectivity index (χ4n) is 3.03. The summed E-state index contributed by atoms with van der Waals surface area (Å²) in [6.45, 7) is 3.47. The van der Waals surface area contributed by atoms with Gasteiger partial charge in [-0.1, -0.05) is 19.1 Å². The fourth-order valence-corrected chi connectivity index (χ4v) is 3.96. The predicted molar refractivity (Wildman–Crippen MR) is 86.4 cm³/mol. The topological polar surface area (TPSA) is 46.3 Å². The van der Waals surface area contributed by atoms with Crippen LogP contribution in [0.5, 0.6) is 0 Å². The van der Waals surface area contributed by atoms with Crippen LogP contribution in [0.15, 0.2) is 35.7 Å². The average molecular weight is 300 g/mol. The Balaban J connectivity index is 1.87. The maximum Gasteiger partial charge on any atom is 0.254 e. The lowest BCUT2D eigenvalue weighted by Crippen LogP contribution is -2.39. The van der Waals surface area contributed by atoms with Gasteiger partial charge in [0, 0.05) is 23.5 Å². The number of nitrogens with zero attached hydrogens (tertiary/aromatic N) is 1. The molecular formula is C17H20N2OS. The Morgan fingerprint density at radius 2 is 2.10 bits per heavy atom. The quantitative estimate of drug-likeness (QED) is 0.945. The van der Waals surface area contributed by atoms with Crippen LogP contribution in [-0.4, -0.2) is 17.4 Å². The number of rotatable bonds is 3. The summed E-state index contributed by atoms with van der Waals surface area (Å²) < 4.78 is 0. The third-order valence-electron chi connectivity index (χ3n) is 4.18. The van der Waals surface area contributed by atoms with Gasteiger partial charge in [-0.25, -0.2) is 0 Å². The monoisotopic (exact) mass is 300 g/mol. The maximum absolute atomic E-state index is 12.8. The zero-order valence-corrected chi connectivity index (χ0v) is 13.0. The number of benzene rings is 1. The Labute approximate surface area is 129 Å². The Kier molecular flexibility index (Phi) is 4.08. The molecule has 1 aromatic heterocycles. The Morgan fingerprint density at radius 1 is 1.33 bits per heavy atom. The molecule has 1 unspecified atom stereocenters. The second-order valence-corrected chi connectivity index (χ2v) is 6.37. The van der Waals surface area contributed by atoms with Crippen molar-refractivity contribution in [1.29, 1.82) is 0 Å². The first-order chi connectivity index (χ1) is 10.2. The first-order valence-corrected chi connectivity index (χ1v) is 8.28. The van der Waals surface area contributed by atoms with Gasteiger partial charge in [0.25, 0.3) is 5.91 Å². The zero-order chi connectivity index (χ0) is 14.8. The molecule has 1 atom stereocenters. The highest BCUT2D eigenvalue weighted by Gasteiger charge is 2.30. The first-order valence-electron chi connectivity index (χ1n) is 7.40. The summed E-state index contributed by atoms with van der Waals surface area (Å²) in [7, 11) is 0. The van der Waals surface area contributed by atoms with Crippen LogP contribution in [-0.2, 0) is 13.0 Å². The molecule has 3 rings (SSSR count). The third kappa shape index (κ3) is 2.61. The molecule has 1 amide bonds. The van der Waals surface area contributed by atoms with Gasteiger partial charge in [0.1, 0.15) is 0 Å². The normalized spacial score (nSPS) is 17.6. The molecule has 21 heavy (non-hydrogen) atoms. The van der Waals surface area contributed by atoms with Gasteiger partial charge < -0.3 is 10.6 Å². The van der Waals surface area contributed by atoms with E-state index in [9.17, 15) is 4.79 Å². The molecule has 1 aliphatic rings. The van der Waals surface area contributed by atoms with Crippen LogP contribution in [0, 0.1) is 0 Å². The molecule has 4 heteroatoms. The van der Waals surface area contributed by atoms with Crippen LogP contribution in [0.2, 0.25) is 0 Å². The number of amides is 1. The number of nitrogens with two attached hydrogens (primary N) is 1. The molecule has 0 radical (unpaired) electrons. The van der Waals surface area contributed by atoms with E-state index in [0.29, 0.717) is 6.54 Å². The molecule has 1 aliphatic heterocycles. The van der Waals surface area contributed by atoms with E-state index in [1.54, 1.807) is 0 Å². The number of hydrogen-bond acceptors (Lipinski definition) is 3. The van der Waals surface area contributed by atoms with Crippen molar-refractivity contribution >= 4 is 17.2 Å². The minimum Gasteiger partial charge on any atom is -0.331 e. The Bertz CT molecular complexity index is 632. The molecular weight excluding hydrogens is 280 g/mol. The second-order valence-electron chi connectivity index (χ2n) is 5.37. The molecule has 0 spiro atoms. The summed E-state index contributed by atoms with van der Waals surface area (Å²) in [5.41, 5.74) is 8.75. The zero-order valence-electron chi connectivity index (χ0n) is 12.2. The molecule has 0 saturated heterocycles. The van der Waals surface area contributed by atoms with Crippen molar-refractivity contribution in [2.45, 2.75) is 32.4 Å². The summed E-state index contributed by atoms with van der Waals surface area (Å²) in [4.78, 5) is 16.3. The molecule has 110 valence electrons. The fraction of sp³-hybridized carbons (Fsp3) is 0.353. The molecule has 2 N–H and O–H groups in total. The molecule has 0 bridgehead atoms. The predicted octanol–water partition coefficient (Wildman–Crippen LogP) is 3.36. The van der Waals surface area contributed by atoms with Gasteiger partial charge in [0.05, 0.1) is 6.04 Å². The van der Waals surface area contributed by atoms with Gasteiger partial charge in [-0.15, -0.1) is 11.3 Å². The highest BCUT2D eigenvalue weighted by molar-refractivity contribution is 7.10. The Hall–Kier alpha value is -1.65. The molecule has 0 saturated carbocycles. The smallest absolute Gasteiger partial charge is 0.254 e. The van der Waals surface area contributed by atoms with E-state index in [1.807, 2.05) is 40.5 Å². The largest absolute Gasteiger partial charge is 0.331 e. The number of hydrogen-bond donors (Lipinski definition) is 1. The third-order valence-corrected chi connectivity index (χ3v) is 5.18. The van der Waals surface area contributed by atoms with Crippen molar-refractivity contribution in [3.8, 4) is 0 Å². The van der Waals surface area contributed by atoms with Gasteiger partial charge in [-0.2, -0.15) is 0 Å². The number of carbonyl (C=O) groups excluding carboxylic acids is 1. The van der Waals surface area contributed by atoms with Crippen molar-refractivity contribution in [2.75, 3.05) is 6.54 Å². The number of fused-ring (bicyclic) bond motifs is 1. The summed E-state index contributed by atoms with van der Waals surface area (Å²) in [6, 6.07) is 10.0. The molecule has 2 aromatic rings. The second kappa shape index (κ2) is 6.00. The lowest BCUT2D eigenvalue weighted by molar-refractivity contribution is 0.0657. The minimum atomic E-state index is 0.127. The molecule has 3 nitrogen and oxygen atoms in total.